The van der Waals surface area contributed by atoms with Crippen LogP contribution in [-0.4, -0.2) is 65.5 Å². The highest BCUT2D eigenvalue weighted by atomic mass is 16.6. The van der Waals surface area contributed by atoms with Gasteiger partial charge in [-0.15, -0.1) is 0 Å². The van der Waals surface area contributed by atoms with Gasteiger partial charge in [0.25, 0.3) is 5.91 Å². The topological polar surface area (TPSA) is 165 Å². The van der Waals surface area contributed by atoms with Crippen LogP contribution in [-0.2, 0) is 29.4 Å². The van der Waals surface area contributed by atoms with Crippen molar-refractivity contribution in [2.24, 2.45) is 0 Å². The highest BCUT2D eigenvalue weighted by Crippen LogP contribution is 2.43. The number of carbonyl (C=O) groups is 3. The molecule has 54 heavy (non-hydrogen) atoms. The summed E-state index contributed by atoms with van der Waals surface area (Å²) < 4.78 is 31.3. The minimum absolute atomic E-state index is 0.0353. The molecule has 1 saturated heterocycles. The second-order valence-electron chi connectivity index (χ2n) is 12.4. The summed E-state index contributed by atoms with van der Waals surface area (Å²) in [6.07, 6.45) is -2.07. The van der Waals surface area contributed by atoms with Crippen molar-refractivity contribution >= 4 is 23.7 Å². The first kappa shape index (κ1) is 37.4. The Balaban J connectivity index is 1.33. The van der Waals surface area contributed by atoms with E-state index in [0.29, 0.717) is 17.1 Å². The number of rotatable bonds is 15. The average Bonchev–Trinajstić information content (AvgIpc) is 3.60. The third-order valence-electron chi connectivity index (χ3n) is 9.06. The lowest BCUT2D eigenvalue weighted by Crippen LogP contribution is -2.39. The number of nitrogens with one attached hydrogen (secondary N) is 1. The maximum absolute atomic E-state index is 13.3. The van der Waals surface area contributed by atoms with Gasteiger partial charge in [-0.05, 0) is 59.2 Å². The molecule has 6 rings (SSSR count). The van der Waals surface area contributed by atoms with Crippen molar-refractivity contribution in [3.8, 4) is 11.5 Å². The molecule has 1 amide bonds. The van der Waals surface area contributed by atoms with Crippen LogP contribution in [0.1, 0.15) is 52.5 Å². The van der Waals surface area contributed by atoms with Crippen molar-refractivity contribution in [1.29, 1.82) is 0 Å². The first-order valence-corrected chi connectivity index (χ1v) is 17.2. The second kappa shape index (κ2) is 17.0. The fraction of sp³-hybridized carbons (Fsp3) is 0.244. The lowest BCUT2D eigenvalue weighted by molar-refractivity contribution is -0.157. The van der Waals surface area contributed by atoms with Crippen LogP contribution in [0.4, 0.5) is 5.82 Å². The number of nitrogens with zero attached hydrogens (tertiary/aromatic N) is 2. The van der Waals surface area contributed by atoms with Crippen molar-refractivity contribution in [2.45, 2.75) is 43.3 Å². The summed E-state index contributed by atoms with van der Waals surface area (Å²) in [7, 11) is 3.17. The van der Waals surface area contributed by atoms with E-state index < -0.39 is 54.0 Å². The molecular formula is C41H39N3O10. The number of carbonyl (C=O) groups excluding carboxylic acids is 2. The summed E-state index contributed by atoms with van der Waals surface area (Å²) >= 11 is 0. The number of esters is 1. The molecular weight excluding hydrogens is 694 g/mol. The standard InChI is InChI=1S/C41H39N3O10/c1-50-31-17-13-29(14-18-31)41(28-11-7-4-8-12-28,30-15-19-32(51-2)20-16-30)52-26-34-33(54-38(47)22-21-37(45)46)25-36(53-34)44-24-23-35(43-40(44)49)42-39(48)27-9-5-3-6-10-27/h3-20,23-24,33-34,36H,21-22,25-26H2,1-2H3,(H,45,46)(H,42,43,48,49)/t33-,34+,36+/m1/s1. The number of amides is 1. The SMILES string of the molecule is COc1ccc(C(OC[C@@H]2O[C@H](n3ccc(NC(=O)c4ccccc4)nc3=O)C[C@H]2OC(=O)CCC(=O)O)(c2ccccc2)c2ccc(OC)cc2)cc1. The van der Waals surface area contributed by atoms with Crippen molar-refractivity contribution in [2.75, 3.05) is 26.1 Å². The molecule has 0 spiro atoms. The van der Waals surface area contributed by atoms with Gasteiger partial charge in [0, 0.05) is 18.2 Å². The molecule has 1 aliphatic rings. The van der Waals surface area contributed by atoms with E-state index in [1.54, 1.807) is 44.6 Å². The fourth-order valence-corrected chi connectivity index (χ4v) is 6.34. The zero-order valence-electron chi connectivity index (χ0n) is 29.6. The second-order valence-corrected chi connectivity index (χ2v) is 12.4. The molecule has 13 nitrogen and oxygen atoms in total. The van der Waals surface area contributed by atoms with Crippen LogP contribution < -0.4 is 20.5 Å². The quantitative estimate of drug-likeness (QED) is 0.102. The van der Waals surface area contributed by atoms with Gasteiger partial charge < -0.3 is 34.1 Å². The maximum atomic E-state index is 13.3. The normalized spacial score (nSPS) is 16.7. The lowest BCUT2D eigenvalue weighted by Gasteiger charge is -2.37. The number of benzene rings is 4. The van der Waals surface area contributed by atoms with Crippen LogP contribution >= 0.6 is 0 Å². The zero-order valence-corrected chi connectivity index (χ0v) is 29.6. The third kappa shape index (κ3) is 8.49. The largest absolute Gasteiger partial charge is 0.497 e. The maximum Gasteiger partial charge on any atom is 0.351 e. The molecule has 0 unspecified atom stereocenters. The van der Waals surface area contributed by atoms with Gasteiger partial charge in [0.05, 0.1) is 33.7 Å². The van der Waals surface area contributed by atoms with E-state index in [2.05, 4.69) is 10.3 Å². The molecule has 2 heterocycles. The summed E-state index contributed by atoms with van der Waals surface area (Å²) in [5, 5.41) is 11.8. The molecule has 5 aromatic rings. The third-order valence-corrected chi connectivity index (χ3v) is 9.06. The number of carboxylic acids is 1. The molecule has 2 N–H and O–H groups in total. The van der Waals surface area contributed by atoms with E-state index in [-0.39, 0.29) is 25.3 Å². The predicted octanol–water partition coefficient (Wildman–Crippen LogP) is 5.59. The van der Waals surface area contributed by atoms with Gasteiger partial charge in [-0.2, -0.15) is 4.98 Å². The summed E-state index contributed by atoms with van der Waals surface area (Å²) in [6, 6.07) is 34.5. The Morgan fingerprint density at radius 2 is 1.39 bits per heavy atom. The molecule has 0 radical (unpaired) electrons. The number of ether oxygens (including phenoxy) is 5. The predicted molar refractivity (Wildman–Crippen MR) is 196 cm³/mol. The summed E-state index contributed by atoms with van der Waals surface area (Å²) in [5.41, 5.74) is 0.775. The highest BCUT2D eigenvalue weighted by Gasteiger charge is 2.44. The minimum atomic E-state index is -1.23. The van der Waals surface area contributed by atoms with Crippen molar-refractivity contribution in [1.82, 2.24) is 9.55 Å². The van der Waals surface area contributed by atoms with Gasteiger partial charge in [0.1, 0.15) is 41.4 Å². The number of hydrogen-bond acceptors (Lipinski definition) is 10. The molecule has 1 aromatic heterocycles. The van der Waals surface area contributed by atoms with E-state index in [0.717, 1.165) is 16.7 Å². The lowest BCUT2D eigenvalue weighted by atomic mass is 9.80. The Kier molecular flexibility index (Phi) is 11.8. The number of aliphatic carboxylic acids is 1. The number of hydrogen-bond donors (Lipinski definition) is 2. The van der Waals surface area contributed by atoms with E-state index in [4.69, 9.17) is 28.8 Å². The fourth-order valence-electron chi connectivity index (χ4n) is 6.34. The Morgan fingerprint density at radius 1 is 0.815 bits per heavy atom. The van der Waals surface area contributed by atoms with Gasteiger partial charge >= 0.3 is 17.6 Å². The summed E-state index contributed by atoms with van der Waals surface area (Å²) in [5.74, 6) is -0.965. The molecule has 3 atom stereocenters. The van der Waals surface area contributed by atoms with Crippen LogP contribution in [0.2, 0.25) is 0 Å². The van der Waals surface area contributed by atoms with Gasteiger partial charge in [0.15, 0.2) is 0 Å². The average molecular weight is 734 g/mol. The highest BCUT2D eigenvalue weighted by molar-refractivity contribution is 6.03. The Bertz CT molecular complexity index is 2060. The Labute approximate surface area is 311 Å². The zero-order chi connectivity index (χ0) is 38.1. The summed E-state index contributed by atoms with van der Waals surface area (Å²) in [4.78, 5) is 54.2. The summed E-state index contributed by atoms with van der Waals surface area (Å²) in [6.45, 7) is -0.131. The molecule has 0 saturated carbocycles. The first-order valence-electron chi connectivity index (χ1n) is 17.2. The Morgan fingerprint density at radius 3 is 1.94 bits per heavy atom. The minimum Gasteiger partial charge on any atom is -0.497 e. The van der Waals surface area contributed by atoms with Crippen molar-refractivity contribution in [3.63, 3.8) is 0 Å². The van der Waals surface area contributed by atoms with Gasteiger partial charge in [-0.25, -0.2) is 4.79 Å². The van der Waals surface area contributed by atoms with Crippen molar-refractivity contribution < 1.29 is 43.2 Å². The van der Waals surface area contributed by atoms with Crippen LogP contribution in [0.3, 0.4) is 0 Å². The monoisotopic (exact) mass is 733 g/mol. The van der Waals surface area contributed by atoms with E-state index >= 15 is 0 Å². The number of anilines is 1. The number of carboxylic acid groups (broad SMARTS) is 1. The van der Waals surface area contributed by atoms with Crippen LogP contribution in [0, 0.1) is 0 Å². The van der Waals surface area contributed by atoms with Crippen molar-refractivity contribution in [3.05, 3.63) is 154 Å². The molecule has 4 aromatic carbocycles. The Hall–Kier alpha value is -6.31. The smallest absolute Gasteiger partial charge is 0.351 e. The molecule has 1 aliphatic heterocycles. The van der Waals surface area contributed by atoms with Crippen LogP contribution in [0.25, 0.3) is 0 Å². The van der Waals surface area contributed by atoms with Crippen LogP contribution in [0.5, 0.6) is 11.5 Å². The molecule has 0 aliphatic carbocycles. The molecule has 13 heteroatoms. The van der Waals surface area contributed by atoms with E-state index in [9.17, 15) is 19.2 Å². The van der Waals surface area contributed by atoms with Gasteiger partial charge in [-0.1, -0.05) is 72.8 Å². The first-order chi connectivity index (χ1) is 26.2. The molecule has 0 bridgehead atoms. The molecule has 278 valence electrons. The molecule has 1 fully saturated rings. The van der Waals surface area contributed by atoms with E-state index in [1.165, 1.54) is 16.8 Å². The van der Waals surface area contributed by atoms with Gasteiger partial charge in [-0.3, -0.25) is 19.0 Å². The van der Waals surface area contributed by atoms with E-state index in [1.807, 2.05) is 78.9 Å². The number of aromatic nitrogens is 2. The number of methoxy groups -OCH3 is 2. The van der Waals surface area contributed by atoms with Gasteiger partial charge in [0.2, 0.25) is 0 Å². The van der Waals surface area contributed by atoms with Crippen LogP contribution in [0.15, 0.2) is 126 Å².